The summed E-state index contributed by atoms with van der Waals surface area (Å²) in [7, 11) is 2.96. The molecule has 8 nitrogen and oxygen atoms in total. The number of carbonyl (C=O) groups is 1. The predicted molar refractivity (Wildman–Crippen MR) is 116 cm³/mol. The number of imidazole rings is 1. The molecule has 1 atom stereocenters. The molecule has 1 aromatic carbocycles. The lowest BCUT2D eigenvalue weighted by atomic mass is 10.0. The molecule has 0 saturated heterocycles. The second kappa shape index (κ2) is 7.75. The minimum atomic E-state index is -0.480. The lowest BCUT2D eigenvalue weighted by molar-refractivity contribution is -0.122. The van der Waals surface area contributed by atoms with Gasteiger partial charge in [-0.3, -0.25) is 18.7 Å². The first-order valence-electron chi connectivity index (χ1n) is 9.37. The summed E-state index contributed by atoms with van der Waals surface area (Å²) in [5.74, 6) is -0.260. The van der Waals surface area contributed by atoms with Crippen molar-refractivity contribution in [2.24, 2.45) is 14.1 Å². The Kier molecular flexibility index (Phi) is 5.13. The molecule has 1 amide bonds. The van der Waals surface area contributed by atoms with Crippen LogP contribution in [-0.4, -0.2) is 24.6 Å². The van der Waals surface area contributed by atoms with E-state index in [1.165, 1.54) is 22.5 Å². The average Bonchev–Trinajstić information content (AvgIpc) is 3.40. The van der Waals surface area contributed by atoms with Gasteiger partial charge in [0.2, 0.25) is 5.91 Å². The van der Waals surface area contributed by atoms with E-state index in [1.807, 2.05) is 48.7 Å². The van der Waals surface area contributed by atoms with Crippen molar-refractivity contribution in [1.29, 1.82) is 0 Å². The molecule has 0 aliphatic rings. The Hall–Kier alpha value is -3.46. The first-order chi connectivity index (χ1) is 14.4. The van der Waals surface area contributed by atoms with Crippen LogP contribution in [0, 0.1) is 6.92 Å². The SMILES string of the molecule is Cc1ccc(C(NC(=O)Cn2cnc3c2c(=O)n(C)c(=O)n3C)c2cccs2)cc1. The number of amides is 1. The number of thiophene rings is 1. The molecule has 0 spiro atoms. The lowest BCUT2D eigenvalue weighted by Crippen LogP contribution is -2.38. The molecule has 4 aromatic rings. The molecule has 0 bridgehead atoms. The van der Waals surface area contributed by atoms with Crippen LogP contribution in [0.2, 0.25) is 0 Å². The molecule has 0 fully saturated rings. The summed E-state index contributed by atoms with van der Waals surface area (Å²) in [6, 6.07) is 11.6. The van der Waals surface area contributed by atoms with Crippen LogP contribution in [0.3, 0.4) is 0 Å². The minimum absolute atomic E-state index is 0.0856. The van der Waals surface area contributed by atoms with Crippen molar-refractivity contribution in [3.8, 4) is 0 Å². The summed E-state index contributed by atoms with van der Waals surface area (Å²) in [5.41, 5.74) is 1.65. The number of nitrogens with one attached hydrogen (secondary N) is 1. The number of carbonyl (C=O) groups excluding carboxylic acids is 1. The minimum Gasteiger partial charge on any atom is -0.343 e. The van der Waals surface area contributed by atoms with Crippen molar-refractivity contribution in [2.75, 3.05) is 0 Å². The Morgan fingerprint density at radius 1 is 1.13 bits per heavy atom. The summed E-state index contributed by atoms with van der Waals surface area (Å²) in [6.45, 7) is 1.93. The van der Waals surface area contributed by atoms with Gasteiger partial charge < -0.3 is 9.88 Å². The third-order valence-corrected chi connectivity index (χ3v) is 6.01. The summed E-state index contributed by atoms with van der Waals surface area (Å²) >= 11 is 1.57. The molecule has 1 unspecified atom stereocenters. The molecule has 3 heterocycles. The van der Waals surface area contributed by atoms with Crippen LogP contribution in [0.15, 0.2) is 57.7 Å². The van der Waals surface area contributed by atoms with Gasteiger partial charge in [-0.05, 0) is 23.9 Å². The fraction of sp³-hybridized carbons (Fsp3) is 0.238. The second-order valence-electron chi connectivity index (χ2n) is 7.18. The highest BCUT2D eigenvalue weighted by molar-refractivity contribution is 7.10. The maximum Gasteiger partial charge on any atom is 0.332 e. The maximum absolute atomic E-state index is 12.9. The molecule has 30 heavy (non-hydrogen) atoms. The van der Waals surface area contributed by atoms with Crippen LogP contribution < -0.4 is 16.6 Å². The van der Waals surface area contributed by atoms with Crippen LogP contribution in [0.1, 0.15) is 22.0 Å². The van der Waals surface area contributed by atoms with E-state index in [0.29, 0.717) is 0 Å². The van der Waals surface area contributed by atoms with Crippen LogP contribution in [-0.2, 0) is 25.4 Å². The van der Waals surface area contributed by atoms with Crippen molar-refractivity contribution in [3.63, 3.8) is 0 Å². The van der Waals surface area contributed by atoms with E-state index in [-0.39, 0.29) is 29.7 Å². The number of rotatable bonds is 5. The summed E-state index contributed by atoms with van der Waals surface area (Å²) in [6.07, 6.45) is 1.41. The molecule has 0 saturated carbocycles. The first kappa shape index (κ1) is 19.8. The third kappa shape index (κ3) is 3.48. The van der Waals surface area contributed by atoms with E-state index in [4.69, 9.17) is 0 Å². The van der Waals surface area contributed by atoms with E-state index < -0.39 is 11.2 Å². The van der Waals surface area contributed by atoms with Crippen LogP contribution >= 0.6 is 11.3 Å². The highest BCUT2D eigenvalue weighted by Gasteiger charge is 2.20. The summed E-state index contributed by atoms with van der Waals surface area (Å²) in [5, 5.41) is 5.03. The summed E-state index contributed by atoms with van der Waals surface area (Å²) < 4.78 is 3.79. The zero-order valence-electron chi connectivity index (χ0n) is 16.8. The smallest absolute Gasteiger partial charge is 0.332 e. The Morgan fingerprint density at radius 2 is 1.87 bits per heavy atom. The molecule has 0 aliphatic carbocycles. The van der Waals surface area contributed by atoms with Gasteiger partial charge in [0.1, 0.15) is 6.54 Å². The van der Waals surface area contributed by atoms with Gasteiger partial charge >= 0.3 is 5.69 Å². The molecular weight excluding hydrogens is 402 g/mol. The molecule has 154 valence electrons. The topological polar surface area (TPSA) is 90.9 Å². The maximum atomic E-state index is 12.9. The standard InChI is InChI=1S/C21H21N5O3S/c1-13-6-8-14(9-7-13)17(15-5-4-10-30-15)23-16(27)11-26-12-22-19-18(26)20(28)25(3)21(29)24(19)2/h4-10,12,17H,11H2,1-3H3,(H,23,27). The average molecular weight is 423 g/mol. The zero-order chi connectivity index (χ0) is 21.4. The molecule has 0 radical (unpaired) electrons. The van der Waals surface area contributed by atoms with Gasteiger partial charge in [0.15, 0.2) is 11.2 Å². The van der Waals surface area contributed by atoms with Crippen LogP contribution in [0.4, 0.5) is 0 Å². The zero-order valence-corrected chi connectivity index (χ0v) is 17.6. The van der Waals surface area contributed by atoms with Gasteiger partial charge in [0.25, 0.3) is 5.56 Å². The fourth-order valence-corrected chi connectivity index (χ4v) is 4.21. The van der Waals surface area contributed by atoms with Crippen molar-refractivity contribution < 1.29 is 4.79 Å². The number of benzene rings is 1. The Morgan fingerprint density at radius 3 is 2.53 bits per heavy atom. The molecular formula is C21H21N5O3S. The van der Waals surface area contributed by atoms with E-state index in [0.717, 1.165) is 20.6 Å². The highest BCUT2D eigenvalue weighted by atomic mass is 32.1. The largest absolute Gasteiger partial charge is 0.343 e. The lowest BCUT2D eigenvalue weighted by Gasteiger charge is -2.18. The number of aryl methyl sites for hydroxylation is 2. The molecule has 1 N–H and O–H groups in total. The third-order valence-electron chi connectivity index (χ3n) is 5.07. The molecule has 9 heteroatoms. The van der Waals surface area contributed by atoms with Crippen molar-refractivity contribution in [3.05, 3.63) is 84.9 Å². The highest BCUT2D eigenvalue weighted by Crippen LogP contribution is 2.26. The van der Waals surface area contributed by atoms with Gasteiger partial charge in [-0.1, -0.05) is 35.9 Å². The van der Waals surface area contributed by atoms with Gasteiger partial charge in [0, 0.05) is 19.0 Å². The fourth-order valence-electron chi connectivity index (χ4n) is 3.41. The predicted octanol–water partition coefficient (Wildman–Crippen LogP) is 1.71. The monoisotopic (exact) mass is 423 g/mol. The van der Waals surface area contributed by atoms with E-state index in [9.17, 15) is 14.4 Å². The van der Waals surface area contributed by atoms with Gasteiger partial charge in [-0.2, -0.15) is 0 Å². The summed E-state index contributed by atoms with van der Waals surface area (Å²) in [4.78, 5) is 42.8. The molecule has 4 rings (SSSR count). The van der Waals surface area contributed by atoms with E-state index >= 15 is 0 Å². The Labute approximate surface area is 176 Å². The Balaban J connectivity index is 1.66. The quantitative estimate of drug-likeness (QED) is 0.529. The number of fused-ring (bicyclic) bond motifs is 1. The van der Waals surface area contributed by atoms with Crippen LogP contribution in [0.5, 0.6) is 0 Å². The van der Waals surface area contributed by atoms with Crippen LogP contribution in [0.25, 0.3) is 11.2 Å². The van der Waals surface area contributed by atoms with Crippen molar-refractivity contribution >= 4 is 28.4 Å². The number of aromatic nitrogens is 4. The van der Waals surface area contributed by atoms with E-state index in [1.54, 1.807) is 18.4 Å². The first-order valence-corrected chi connectivity index (χ1v) is 10.2. The second-order valence-corrected chi connectivity index (χ2v) is 8.16. The van der Waals surface area contributed by atoms with Crippen molar-refractivity contribution in [2.45, 2.75) is 19.5 Å². The van der Waals surface area contributed by atoms with Gasteiger partial charge in [-0.15, -0.1) is 11.3 Å². The normalized spacial score (nSPS) is 12.2. The van der Waals surface area contributed by atoms with Gasteiger partial charge in [0.05, 0.1) is 12.4 Å². The van der Waals surface area contributed by atoms with Crippen molar-refractivity contribution in [1.82, 2.24) is 24.0 Å². The molecule has 0 aliphatic heterocycles. The van der Waals surface area contributed by atoms with Gasteiger partial charge in [-0.25, -0.2) is 9.78 Å². The van der Waals surface area contributed by atoms with E-state index in [2.05, 4.69) is 10.3 Å². The Bertz CT molecular complexity index is 1330. The molecule has 3 aromatic heterocycles. The number of nitrogens with zero attached hydrogens (tertiary/aromatic N) is 4. The number of hydrogen-bond acceptors (Lipinski definition) is 5. The number of hydrogen-bond donors (Lipinski definition) is 1.